The first-order chi connectivity index (χ1) is 11.7. The van der Waals surface area contributed by atoms with E-state index in [2.05, 4.69) is 54.2 Å². The molecule has 0 aromatic heterocycles. The van der Waals surface area contributed by atoms with Crippen LogP contribution < -0.4 is 10.9 Å². The highest BCUT2D eigenvalue weighted by Gasteiger charge is 2.16. The summed E-state index contributed by atoms with van der Waals surface area (Å²) in [6, 6.07) is 19.9. The molecule has 2 unspecified atom stereocenters. The van der Waals surface area contributed by atoms with Gasteiger partial charge in [-0.25, -0.2) is 5.43 Å². The van der Waals surface area contributed by atoms with Crippen molar-refractivity contribution in [1.29, 1.82) is 0 Å². The van der Waals surface area contributed by atoms with Crippen molar-refractivity contribution in [2.24, 2.45) is 5.92 Å². The lowest BCUT2D eigenvalue weighted by Crippen LogP contribution is -2.47. The molecule has 3 nitrogen and oxygen atoms in total. The van der Waals surface area contributed by atoms with Crippen molar-refractivity contribution in [3.05, 3.63) is 83.9 Å². The third-order valence-corrected chi connectivity index (χ3v) is 4.12. The van der Waals surface area contributed by atoms with Crippen LogP contribution in [0.25, 0.3) is 0 Å². The summed E-state index contributed by atoms with van der Waals surface area (Å²) < 4.78 is 0. The van der Waals surface area contributed by atoms with Gasteiger partial charge in [-0.15, -0.1) is 0 Å². The fourth-order valence-electron chi connectivity index (χ4n) is 2.69. The minimum Gasteiger partial charge on any atom is -0.287 e. The van der Waals surface area contributed by atoms with E-state index in [-0.39, 0.29) is 11.9 Å². The van der Waals surface area contributed by atoms with Crippen LogP contribution in [0.1, 0.15) is 36.2 Å². The van der Waals surface area contributed by atoms with Crippen molar-refractivity contribution >= 4 is 5.91 Å². The number of hydrazine groups is 1. The summed E-state index contributed by atoms with van der Waals surface area (Å²) >= 11 is 0. The van der Waals surface area contributed by atoms with Crippen molar-refractivity contribution in [2.75, 3.05) is 0 Å². The van der Waals surface area contributed by atoms with E-state index in [0.717, 1.165) is 12.8 Å². The van der Waals surface area contributed by atoms with Gasteiger partial charge in [0.2, 0.25) is 0 Å². The molecule has 2 N–H and O–H groups in total. The van der Waals surface area contributed by atoms with Gasteiger partial charge in [-0.2, -0.15) is 0 Å². The van der Waals surface area contributed by atoms with Gasteiger partial charge in [0.05, 0.1) is 0 Å². The zero-order valence-corrected chi connectivity index (χ0v) is 14.4. The highest BCUT2D eigenvalue weighted by molar-refractivity contribution is 5.93. The van der Waals surface area contributed by atoms with Gasteiger partial charge in [-0.3, -0.25) is 10.2 Å². The molecule has 0 radical (unpaired) electrons. The number of carbonyl (C=O) groups is 1. The summed E-state index contributed by atoms with van der Waals surface area (Å²) in [7, 11) is 0. The fraction of sp³-hybridized carbons (Fsp3) is 0.286. The molecule has 24 heavy (non-hydrogen) atoms. The minimum absolute atomic E-state index is 0.104. The first-order valence-corrected chi connectivity index (χ1v) is 8.48. The fourth-order valence-corrected chi connectivity index (χ4v) is 2.69. The monoisotopic (exact) mass is 322 g/mol. The molecule has 3 heteroatoms. The van der Waals surface area contributed by atoms with Crippen molar-refractivity contribution in [1.82, 2.24) is 10.9 Å². The number of allylic oxidation sites excluding steroid dienone is 1. The maximum Gasteiger partial charge on any atom is 0.265 e. The molecule has 0 aliphatic rings. The molecule has 0 saturated heterocycles. The molecule has 0 fully saturated rings. The third kappa shape index (κ3) is 5.67. The standard InChI is InChI=1S/C21H26N2O/c1-3-10-17(2)20(16-15-18-11-6-4-7-12-18)22-23-21(24)19-13-8-5-9-14-19/h3-14,17,20,22H,15-16H2,1-2H3,(H,23,24)/b10-3+. The van der Waals surface area contributed by atoms with Crippen LogP contribution in [0.5, 0.6) is 0 Å². The average molecular weight is 322 g/mol. The number of aryl methyl sites for hydroxylation is 1. The molecule has 126 valence electrons. The second-order valence-electron chi connectivity index (χ2n) is 5.98. The van der Waals surface area contributed by atoms with Crippen LogP contribution in [0.3, 0.4) is 0 Å². The summed E-state index contributed by atoms with van der Waals surface area (Å²) in [5.41, 5.74) is 8.04. The van der Waals surface area contributed by atoms with Gasteiger partial charge in [0.25, 0.3) is 5.91 Å². The third-order valence-electron chi connectivity index (χ3n) is 4.12. The number of nitrogens with one attached hydrogen (secondary N) is 2. The van der Waals surface area contributed by atoms with Gasteiger partial charge in [-0.1, -0.05) is 67.6 Å². The summed E-state index contributed by atoms with van der Waals surface area (Å²) in [4.78, 5) is 12.2. The smallest absolute Gasteiger partial charge is 0.265 e. The highest BCUT2D eigenvalue weighted by atomic mass is 16.2. The second-order valence-corrected chi connectivity index (χ2v) is 5.98. The molecule has 0 saturated carbocycles. The van der Waals surface area contributed by atoms with Gasteiger partial charge in [0.1, 0.15) is 0 Å². The normalized spacial score (nSPS) is 13.6. The lowest BCUT2D eigenvalue weighted by molar-refractivity contribution is 0.0919. The average Bonchev–Trinajstić information content (AvgIpc) is 2.63. The molecular formula is C21H26N2O. The Morgan fingerprint density at radius 3 is 2.29 bits per heavy atom. The van der Waals surface area contributed by atoms with Gasteiger partial charge in [-0.05, 0) is 43.4 Å². The predicted octanol–water partition coefficient (Wildman–Crippen LogP) is 4.13. The van der Waals surface area contributed by atoms with Crippen molar-refractivity contribution < 1.29 is 4.79 Å². The van der Waals surface area contributed by atoms with E-state index >= 15 is 0 Å². The Morgan fingerprint density at radius 2 is 1.67 bits per heavy atom. The van der Waals surface area contributed by atoms with E-state index in [1.165, 1.54) is 5.56 Å². The Kier molecular flexibility index (Phi) is 7.24. The Bertz CT molecular complexity index is 637. The first kappa shape index (κ1) is 18.0. The van der Waals surface area contributed by atoms with Gasteiger partial charge in [0.15, 0.2) is 0 Å². The Morgan fingerprint density at radius 1 is 1.04 bits per heavy atom. The van der Waals surface area contributed by atoms with Crippen LogP contribution in [-0.2, 0) is 6.42 Å². The molecule has 2 atom stereocenters. The lowest BCUT2D eigenvalue weighted by atomic mass is 9.95. The van der Waals surface area contributed by atoms with Gasteiger partial charge in [0, 0.05) is 11.6 Å². The number of hydrogen-bond donors (Lipinski definition) is 2. The highest BCUT2D eigenvalue weighted by Crippen LogP contribution is 2.13. The zero-order valence-electron chi connectivity index (χ0n) is 14.4. The van der Waals surface area contributed by atoms with E-state index in [1.54, 1.807) is 0 Å². The van der Waals surface area contributed by atoms with E-state index in [9.17, 15) is 4.79 Å². The number of amides is 1. The van der Waals surface area contributed by atoms with E-state index in [1.807, 2.05) is 43.3 Å². The van der Waals surface area contributed by atoms with E-state index < -0.39 is 0 Å². The Hall–Kier alpha value is -2.39. The largest absolute Gasteiger partial charge is 0.287 e. The first-order valence-electron chi connectivity index (χ1n) is 8.48. The zero-order chi connectivity index (χ0) is 17.2. The van der Waals surface area contributed by atoms with Crippen molar-refractivity contribution in [3.63, 3.8) is 0 Å². The quantitative estimate of drug-likeness (QED) is 0.566. The predicted molar refractivity (Wildman–Crippen MR) is 99.6 cm³/mol. The SMILES string of the molecule is C/C=C/C(C)C(CCc1ccccc1)NNC(=O)c1ccccc1. The Balaban J connectivity index is 1.94. The molecule has 0 spiro atoms. The summed E-state index contributed by atoms with van der Waals surface area (Å²) in [5.74, 6) is 0.225. The maximum atomic E-state index is 12.2. The molecule has 2 rings (SSSR count). The molecule has 0 heterocycles. The number of rotatable bonds is 8. The molecule has 1 amide bonds. The van der Waals surface area contributed by atoms with Crippen LogP contribution in [-0.4, -0.2) is 11.9 Å². The number of benzene rings is 2. The molecule has 0 aliphatic heterocycles. The molecule has 0 aliphatic carbocycles. The minimum atomic E-state index is -0.104. The maximum absolute atomic E-state index is 12.2. The number of hydrogen-bond acceptors (Lipinski definition) is 2. The van der Waals surface area contributed by atoms with E-state index in [0.29, 0.717) is 11.5 Å². The van der Waals surface area contributed by atoms with Gasteiger partial charge < -0.3 is 0 Å². The van der Waals surface area contributed by atoms with Crippen LogP contribution in [0, 0.1) is 5.92 Å². The second kappa shape index (κ2) is 9.68. The van der Waals surface area contributed by atoms with Crippen LogP contribution in [0.2, 0.25) is 0 Å². The molecule has 2 aromatic rings. The lowest BCUT2D eigenvalue weighted by Gasteiger charge is -2.23. The van der Waals surface area contributed by atoms with Crippen molar-refractivity contribution in [2.45, 2.75) is 32.7 Å². The number of carbonyl (C=O) groups excluding carboxylic acids is 1. The summed E-state index contributed by atoms with van der Waals surface area (Å²) in [6.45, 7) is 4.19. The van der Waals surface area contributed by atoms with E-state index in [4.69, 9.17) is 0 Å². The van der Waals surface area contributed by atoms with Crippen LogP contribution in [0.15, 0.2) is 72.8 Å². The topological polar surface area (TPSA) is 41.1 Å². The molecule has 2 aromatic carbocycles. The van der Waals surface area contributed by atoms with Crippen LogP contribution >= 0.6 is 0 Å². The molecular weight excluding hydrogens is 296 g/mol. The van der Waals surface area contributed by atoms with Crippen molar-refractivity contribution in [3.8, 4) is 0 Å². The van der Waals surface area contributed by atoms with Gasteiger partial charge >= 0.3 is 0 Å². The summed E-state index contributed by atoms with van der Waals surface area (Å²) in [5, 5.41) is 0. The van der Waals surface area contributed by atoms with Crippen LogP contribution in [0.4, 0.5) is 0 Å². The molecule has 0 bridgehead atoms. The Labute approximate surface area is 144 Å². The summed E-state index contributed by atoms with van der Waals surface area (Å²) in [6.07, 6.45) is 6.14.